The molecule has 2 aliphatic rings. The Morgan fingerprint density at radius 1 is 1.14 bits per heavy atom. The van der Waals surface area contributed by atoms with Crippen molar-refractivity contribution in [3.63, 3.8) is 0 Å². The van der Waals surface area contributed by atoms with Crippen LogP contribution >= 0.6 is 0 Å². The Hall–Kier alpha value is -2.47. The van der Waals surface area contributed by atoms with Crippen molar-refractivity contribution in [1.82, 2.24) is 15.0 Å². The van der Waals surface area contributed by atoms with Crippen molar-refractivity contribution in [3.05, 3.63) is 42.0 Å². The molecule has 0 bridgehead atoms. The van der Waals surface area contributed by atoms with Crippen LogP contribution in [0.5, 0.6) is 0 Å². The fourth-order valence-electron chi connectivity index (χ4n) is 4.09. The Kier molecular flexibility index (Phi) is 5.31. The predicted molar refractivity (Wildman–Crippen MR) is 113 cm³/mol. The van der Waals surface area contributed by atoms with Gasteiger partial charge in [0.15, 0.2) is 5.82 Å². The quantitative estimate of drug-likeness (QED) is 0.793. The molecule has 1 saturated carbocycles. The monoisotopic (exact) mass is 379 g/mol. The van der Waals surface area contributed by atoms with Gasteiger partial charge in [0.2, 0.25) is 11.9 Å². The van der Waals surface area contributed by atoms with Gasteiger partial charge in [0.05, 0.1) is 18.8 Å². The molecule has 4 rings (SSSR count). The van der Waals surface area contributed by atoms with Gasteiger partial charge in [0.1, 0.15) is 0 Å². The van der Waals surface area contributed by atoms with Crippen LogP contribution in [0.15, 0.2) is 36.4 Å². The van der Waals surface area contributed by atoms with Crippen molar-refractivity contribution < 1.29 is 4.74 Å². The number of anilines is 2. The van der Waals surface area contributed by atoms with Gasteiger partial charge in [-0.1, -0.05) is 48.8 Å². The minimum atomic E-state index is -0.118. The van der Waals surface area contributed by atoms with Crippen molar-refractivity contribution in [2.45, 2.75) is 45.1 Å². The van der Waals surface area contributed by atoms with E-state index in [0.717, 1.165) is 37.1 Å². The van der Waals surface area contributed by atoms with E-state index in [2.05, 4.69) is 48.8 Å². The lowest BCUT2D eigenvalue weighted by Gasteiger charge is -2.32. The van der Waals surface area contributed by atoms with Gasteiger partial charge in [0.25, 0.3) is 0 Å². The number of hydrogen-bond acceptors (Lipinski definition) is 6. The molecule has 0 unspecified atom stereocenters. The van der Waals surface area contributed by atoms with Crippen LogP contribution < -0.4 is 10.2 Å². The first-order valence-corrected chi connectivity index (χ1v) is 10.2. The fraction of sp³-hybridized carbons (Fsp3) is 0.500. The summed E-state index contributed by atoms with van der Waals surface area (Å²) >= 11 is 0. The standard InChI is InChI=1S/C22H29N5O/c1-16(2)22(9-4-5-10-22)26-20-23-19(18-8-6-7-17(3)15-18)24-21(25-20)27-11-13-28-14-12-27/h6-8,15H,1,4-5,9-14H2,2-3H3,(H,23,24,25,26). The van der Waals surface area contributed by atoms with Gasteiger partial charge in [-0.15, -0.1) is 0 Å². The van der Waals surface area contributed by atoms with Crippen molar-refractivity contribution >= 4 is 11.9 Å². The Bertz CT molecular complexity index is 854. The van der Waals surface area contributed by atoms with Gasteiger partial charge in [-0.25, -0.2) is 0 Å². The summed E-state index contributed by atoms with van der Waals surface area (Å²) in [6.45, 7) is 11.4. The number of morpholine rings is 1. The lowest BCUT2D eigenvalue weighted by molar-refractivity contribution is 0.122. The molecule has 1 aliphatic carbocycles. The number of aromatic nitrogens is 3. The largest absolute Gasteiger partial charge is 0.378 e. The lowest BCUT2D eigenvalue weighted by Crippen LogP contribution is -2.39. The summed E-state index contributed by atoms with van der Waals surface area (Å²) in [4.78, 5) is 16.6. The third-order valence-corrected chi connectivity index (χ3v) is 5.82. The topological polar surface area (TPSA) is 63.2 Å². The molecule has 2 fully saturated rings. The average Bonchev–Trinajstić information content (AvgIpc) is 3.18. The number of rotatable bonds is 5. The minimum absolute atomic E-state index is 0.118. The van der Waals surface area contributed by atoms with Gasteiger partial charge < -0.3 is 15.0 Å². The first-order valence-electron chi connectivity index (χ1n) is 10.2. The molecule has 6 heteroatoms. The van der Waals surface area contributed by atoms with E-state index in [1.165, 1.54) is 18.4 Å². The van der Waals surface area contributed by atoms with Crippen LogP contribution in [0.1, 0.15) is 38.2 Å². The second kappa shape index (κ2) is 7.87. The van der Waals surface area contributed by atoms with Crippen LogP contribution in [0.3, 0.4) is 0 Å². The summed E-state index contributed by atoms with van der Waals surface area (Å²) in [6.07, 6.45) is 4.54. The zero-order valence-corrected chi connectivity index (χ0v) is 16.9. The highest BCUT2D eigenvalue weighted by Gasteiger charge is 2.35. The molecule has 1 N–H and O–H groups in total. The Morgan fingerprint density at radius 3 is 2.57 bits per heavy atom. The van der Waals surface area contributed by atoms with Gasteiger partial charge in [-0.2, -0.15) is 15.0 Å². The highest BCUT2D eigenvalue weighted by molar-refractivity contribution is 5.59. The van der Waals surface area contributed by atoms with Crippen molar-refractivity contribution in [3.8, 4) is 11.4 Å². The maximum atomic E-state index is 5.50. The van der Waals surface area contributed by atoms with E-state index in [-0.39, 0.29) is 5.54 Å². The molecule has 0 atom stereocenters. The Morgan fingerprint density at radius 2 is 1.89 bits per heavy atom. The second-order valence-corrected chi connectivity index (χ2v) is 7.95. The third-order valence-electron chi connectivity index (χ3n) is 5.82. The Balaban J connectivity index is 1.74. The number of nitrogens with one attached hydrogen (secondary N) is 1. The summed E-state index contributed by atoms with van der Waals surface area (Å²) in [5.41, 5.74) is 3.23. The molecule has 1 aromatic carbocycles. The molecule has 0 radical (unpaired) electrons. The maximum absolute atomic E-state index is 5.50. The van der Waals surface area contributed by atoms with Crippen LogP contribution in [-0.4, -0.2) is 46.8 Å². The zero-order valence-electron chi connectivity index (χ0n) is 16.9. The average molecular weight is 380 g/mol. The third kappa shape index (κ3) is 3.87. The SMILES string of the molecule is C=C(C)C1(Nc2nc(-c3cccc(C)c3)nc(N3CCOCC3)n2)CCCC1. The fourth-order valence-corrected chi connectivity index (χ4v) is 4.09. The number of nitrogens with zero attached hydrogens (tertiary/aromatic N) is 4. The van der Waals surface area contributed by atoms with Crippen molar-refractivity contribution in [1.29, 1.82) is 0 Å². The molecule has 1 aromatic heterocycles. The van der Waals surface area contributed by atoms with E-state index in [1.807, 2.05) is 6.07 Å². The predicted octanol–water partition coefficient (Wildman–Crippen LogP) is 3.98. The maximum Gasteiger partial charge on any atom is 0.230 e. The summed E-state index contributed by atoms with van der Waals surface area (Å²) in [5.74, 6) is 2.06. The molecular weight excluding hydrogens is 350 g/mol. The lowest BCUT2D eigenvalue weighted by atomic mass is 9.90. The zero-order chi connectivity index (χ0) is 19.6. The van der Waals surface area contributed by atoms with Crippen LogP contribution in [0.2, 0.25) is 0 Å². The Labute approximate surface area is 167 Å². The van der Waals surface area contributed by atoms with Crippen molar-refractivity contribution in [2.24, 2.45) is 0 Å². The number of aryl methyl sites for hydroxylation is 1. The molecule has 0 spiro atoms. The van der Waals surface area contributed by atoms with Crippen molar-refractivity contribution in [2.75, 3.05) is 36.5 Å². The molecule has 28 heavy (non-hydrogen) atoms. The summed E-state index contributed by atoms with van der Waals surface area (Å²) in [7, 11) is 0. The molecule has 0 amide bonds. The summed E-state index contributed by atoms with van der Waals surface area (Å²) < 4.78 is 5.50. The van der Waals surface area contributed by atoms with Crippen LogP contribution in [-0.2, 0) is 4.74 Å². The van der Waals surface area contributed by atoms with E-state index < -0.39 is 0 Å². The van der Waals surface area contributed by atoms with E-state index in [0.29, 0.717) is 30.9 Å². The summed E-state index contributed by atoms with van der Waals surface area (Å²) in [6, 6.07) is 8.30. The number of benzene rings is 1. The van der Waals surface area contributed by atoms with E-state index >= 15 is 0 Å². The molecule has 2 heterocycles. The van der Waals surface area contributed by atoms with Crippen LogP contribution in [0, 0.1) is 6.92 Å². The number of ether oxygens (including phenoxy) is 1. The van der Waals surface area contributed by atoms with Crippen LogP contribution in [0.25, 0.3) is 11.4 Å². The normalized spacial score (nSPS) is 18.9. The van der Waals surface area contributed by atoms with Gasteiger partial charge in [-0.05, 0) is 32.8 Å². The first kappa shape index (κ1) is 18.9. The second-order valence-electron chi connectivity index (χ2n) is 7.95. The van der Waals surface area contributed by atoms with E-state index in [9.17, 15) is 0 Å². The highest BCUT2D eigenvalue weighted by Crippen LogP contribution is 2.37. The van der Waals surface area contributed by atoms with Gasteiger partial charge >= 0.3 is 0 Å². The minimum Gasteiger partial charge on any atom is -0.378 e. The molecule has 1 saturated heterocycles. The van der Waals surface area contributed by atoms with E-state index in [4.69, 9.17) is 19.7 Å². The molecule has 1 aliphatic heterocycles. The highest BCUT2D eigenvalue weighted by atomic mass is 16.5. The molecule has 148 valence electrons. The smallest absolute Gasteiger partial charge is 0.230 e. The first-order chi connectivity index (χ1) is 13.6. The summed E-state index contributed by atoms with van der Waals surface area (Å²) in [5, 5.41) is 3.64. The van der Waals surface area contributed by atoms with Gasteiger partial charge in [0, 0.05) is 18.7 Å². The van der Waals surface area contributed by atoms with Gasteiger partial charge in [-0.3, -0.25) is 0 Å². The van der Waals surface area contributed by atoms with Crippen LogP contribution in [0.4, 0.5) is 11.9 Å². The van der Waals surface area contributed by atoms with E-state index in [1.54, 1.807) is 0 Å². The number of hydrogen-bond donors (Lipinski definition) is 1. The molecular formula is C22H29N5O. The molecule has 2 aromatic rings. The molecule has 6 nitrogen and oxygen atoms in total.